The van der Waals surface area contributed by atoms with Crippen LogP contribution in [0.1, 0.15) is 37.4 Å². The van der Waals surface area contributed by atoms with Crippen LogP contribution in [0.5, 0.6) is 5.75 Å². The summed E-state index contributed by atoms with van der Waals surface area (Å²) in [6, 6.07) is 19.1. The zero-order valence-electron chi connectivity index (χ0n) is 12.3. The maximum atomic E-state index is 5.66. The summed E-state index contributed by atoms with van der Waals surface area (Å²) in [6.07, 6.45) is 1.04. The summed E-state index contributed by atoms with van der Waals surface area (Å²) in [7, 11) is 0. The maximum absolute atomic E-state index is 5.66. The summed E-state index contributed by atoms with van der Waals surface area (Å²) >= 11 is 0. The molecule has 20 heavy (non-hydrogen) atoms. The van der Waals surface area contributed by atoms with E-state index in [1.54, 1.807) is 0 Å². The van der Waals surface area contributed by atoms with E-state index in [1.807, 2.05) is 12.1 Å². The largest absolute Gasteiger partial charge is 0.494 e. The standard InChI is InChI=1S/C18H23NO/c1-3-12-20-18-11-7-8-16(13-18)14-19-15(2)17-9-5-4-6-10-17/h4-11,13,15,19H,3,12,14H2,1-2H3. The third-order valence-corrected chi connectivity index (χ3v) is 3.28. The van der Waals surface area contributed by atoms with Crippen molar-refractivity contribution in [2.45, 2.75) is 32.9 Å². The molecule has 0 spiro atoms. The molecule has 0 aromatic heterocycles. The van der Waals surface area contributed by atoms with Gasteiger partial charge in [0.2, 0.25) is 0 Å². The normalized spacial score (nSPS) is 12.1. The number of ether oxygens (including phenoxy) is 1. The van der Waals surface area contributed by atoms with Crippen LogP contribution in [0.3, 0.4) is 0 Å². The highest BCUT2D eigenvalue weighted by Crippen LogP contribution is 2.16. The van der Waals surface area contributed by atoms with Crippen molar-refractivity contribution in [3.63, 3.8) is 0 Å². The molecule has 0 saturated heterocycles. The minimum Gasteiger partial charge on any atom is -0.494 e. The quantitative estimate of drug-likeness (QED) is 0.808. The van der Waals surface area contributed by atoms with E-state index >= 15 is 0 Å². The molecular weight excluding hydrogens is 246 g/mol. The zero-order chi connectivity index (χ0) is 14.2. The fourth-order valence-electron chi connectivity index (χ4n) is 2.10. The summed E-state index contributed by atoms with van der Waals surface area (Å²) in [6.45, 7) is 5.93. The lowest BCUT2D eigenvalue weighted by Gasteiger charge is -2.14. The van der Waals surface area contributed by atoms with Crippen molar-refractivity contribution in [3.8, 4) is 5.75 Å². The molecule has 2 nitrogen and oxygen atoms in total. The molecular formula is C18H23NO. The lowest BCUT2D eigenvalue weighted by atomic mass is 10.1. The molecule has 106 valence electrons. The molecule has 0 bridgehead atoms. The van der Waals surface area contributed by atoms with Crippen LogP contribution in [0, 0.1) is 0 Å². The molecule has 2 aromatic rings. The molecule has 0 aliphatic heterocycles. The van der Waals surface area contributed by atoms with Gasteiger partial charge in [-0.05, 0) is 36.6 Å². The maximum Gasteiger partial charge on any atom is 0.119 e. The molecule has 2 aromatic carbocycles. The molecule has 1 atom stereocenters. The average Bonchev–Trinajstić information content (AvgIpc) is 2.52. The number of hydrogen-bond acceptors (Lipinski definition) is 2. The Kier molecular flexibility index (Phi) is 5.63. The first-order valence-corrected chi connectivity index (χ1v) is 7.29. The summed E-state index contributed by atoms with van der Waals surface area (Å²) in [4.78, 5) is 0. The molecule has 1 unspecified atom stereocenters. The van der Waals surface area contributed by atoms with E-state index in [0.29, 0.717) is 6.04 Å². The van der Waals surface area contributed by atoms with E-state index in [9.17, 15) is 0 Å². The molecule has 0 radical (unpaired) electrons. The predicted molar refractivity (Wildman–Crippen MR) is 83.9 cm³/mol. The van der Waals surface area contributed by atoms with Crippen molar-refractivity contribution in [1.82, 2.24) is 5.32 Å². The molecule has 0 aliphatic carbocycles. The third kappa shape index (κ3) is 4.39. The summed E-state index contributed by atoms with van der Waals surface area (Å²) in [5.41, 5.74) is 2.56. The fraction of sp³-hybridized carbons (Fsp3) is 0.333. The van der Waals surface area contributed by atoms with Crippen molar-refractivity contribution in [1.29, 1.82) is 0 Å². The van der Waals surface area contributed by atoms with Gasteiger partial charge < -0.3 is 10.1 Å². The van der Waals surface area contributed by atoms with Gasteiger partial charge in [0.1, 0.15) is 5.75 Å². The summed E-state index contributed by atoms with van der Waals surface area (Å²) in [5, 5.41) is 3.54. The van der Waals surface area contributed by atoms with Crippen LogP contribution in [-0.2, 0) is 6.54 Å². The van der Waals surface area contributed by atoms with Gasteiger partial charge in [0.25, 0.3) is 0 Å². The van der Waals surface area contributed by atoms with E-state index in [4.69, 9.17) is 4.74 Å². The van der Waals surface area contributed by atoms with Crippen LogP contribution in [-0.4, -0.2) is 6.61 Å². The second kappa shape index (κ2) is 7.71. The van der Waals surface area contributed by atoms with Gasteiger partial charge in [-0.1, -0.05) is 49.4 Å². The van der Waals surface area contributed by atoms with Gasteiger partial charge in [-0.2, -0.15) is 0 Å². The van der Waals surface area contributed by atoms with Crippen molar-refractivity contribution in [2.24, 2.45) is 0 Å². The molecule has 0 amide bonds. The number of rotatable bonds is 7. The van der Waals surface area contributed by atoms with E-state index in [0.717, 1.165) is 25.3 Å². The van der Waals surface area contributed by atoms with Crippen LogP contribution in [0.15, 0.2) is 54.6 Å². The highest BCUT2D eigenvalue weighted by molar-refractivity contribution is 5.28. The number of hydrogen-bond donors (Lipinski definition) is 1. The lowest BCUT2D eigenvalue weighted by Crippen LogP contribution is -2.17. The molecule has 0 saturated carbocycles. The van der Waals surface area contributed by atoms with Crippen molar-refractivity contribution in [2.75, 3.05) is 6.61 Å². The van der Waals surface area contributed by atoms with Crippen LogP contribution in [0.2, 0.25) is 0 Å². The number of nitrogens with one attached hydrogen (secondary N) is 1. The molecule has 0 fully saturated rings. The lowest BCUT2D eigenvalue weighted by molar-refractivity contribution is 0.317. The van der Waals surface area contributed by atoms with Crippen LogP contribution in [0.4, 0.5) is 0 Å². The van der Waals surface area contributed by atoms with Crippen LogP contribution >= 0.6 is 0 Å². The van der Waals surface area contributed by atoms with Gasteiger partial charge in [0, 0.05) is 12.6 Å². The predicted octanol–water partition coefficient (Wildman–Crippen LogP) is 4.33. The average molecular weight is 269 g/mol. The smallest absolute Gasteiger partial charge is 0.119 e. The monoisotopic (exact) mass is 269 g/mol. The van der Waals surface area contributed by atoms with Gasteiger partial charge in [-0.25, -0.2) is 0 Å². The SMILES string of the molecule is CCCOc1cccc(CNC(C)c2ccccc2)c1. The van der Waals surface area contributed by atoms with Crippen molar-refractivity contribution in [3.05, 3.63) is 65.7 Å². The number of benzene rings is 2. The Morgan fingerprint density at radius 1 is 1.05 bits per heavy atom. The second-order valence-electron chi connectivity index (χ2n) is 5.01. The fourth-order valence-corrected chi connectivity index (χ4v) is 2.10. The molecule has 1 N–H and O–H groups in total. The molecule has 0 heterocycles. The second-order valence-corrected chi connectivity index (χ2v) is 5.01. The van der Waals surface area contributed by atoms with E-state index in [2.05, 4.69) is 61.6 Å². The Hall–Kier alpha value is -1.80. The van der Waals surface area contributed by atoms with Crippen LogP contribution < -0.4 is 10.1 Å². The van der Waals surface area contributed by atoms with Gasteiger partial charge >= 0.3 is 0 Å². The Bertz CT molecular complexity index is 510. The summed E-state index contributed by atoms with van der Waals surface area (Å²) in [5.74, 6) is 0.957. The van der Waals surface area contributed by atoms with E-state index in [1.165, 1.54) is 11.1 Å². The minimum absolute atomic E-state index is 0.344. The Labute approximate surface area is 121 Å². The Balaban J connectivity index is 1.90. The van der Waals surface area contributed by atoms with Gasteiger partial charge in [0.15, 0.2) is 0 Å². The first kappa shape index (κ1) is 14.6. The highest BCUT2D eigenvalue weighted by Gasteiger charge is 2.04. The van der Waals surface area contributed by atoms with E-state index in [-0.39, 0.29) is 0 Å². The Morgan fingerprint density at radius 3 is 2.60 bits per heavy atom. The summed E-state index contributed by atoms with van der Waals surface area (Å²) < 4.78 is 5.66. The first-order chi connectivity index (χ1) is 9.79. The minimum atomic E-state index is 0.344. The molecule has 2 rings (SSSR count). The molecule has 0 aliphatic rings. The zero-order valence-corrected chi connectivity index (χ0v) is 12.3. The van der Waals surface area contributed by atoms with Crippen molar-refractivity contribution >= 4 is 0 Å². The first-order valence-electron chi connectivity index (χ1n) is 7.29. The molecule has 2 heteroatoms. The van der Waals surface area contributed by atoms with Crippen molar-refractivity contribution < 1.29 is 4.74 Å². The third-order valence-electron chi connectivity index (χ3n) is 3.28. The van der Waals surface area contributed by atoms with Gasteiger partial charge in [0.05, 0.1) is 6.61 Å². The topological polar surface area (TPSA) is 21.3 Å². The van der Waals surface area contributed by atoms with E-state index < -0.39 is 0 Å². The van der Waals surface area contributed by atoms with Gasteiger partial charge in [-0.3, -0.25) is 0 Å². The van der Waals surface area contributed by atoms with Gasteiger partial charge in [-0.15, -0.1) is 0 Å². The Morgan fingerprint density at radius 2 is 1.85 bits per heavy atom. The highest BCUT2D eigenvalue weighted by atomic mass is 16.5. The van der Waals surface area contributed by atoms with Crippen LogP contribution in [0.25, 0.3) is 0 Å².